The van der Waals surface area contributed by atoms with Crippen molar-refractivity contribution in [2.24, 2.45) is 0 Å². The highest BCUT2D eigenvalue weighted by Gasteiger charge is 2.17. The molecular weight excluding hydrogens is 264 g/mol. The first-order valence-corrected chi connectivity index (χ1v) is 3.85. The Hall–Kier alpha value is -1.77. The molecule has 0 saturated carbocycles. The Labute approximate surface area is 84.6 Å². The lowest BCUT2D eigenvalue weighted by atomic mass is 10.8. The summed E-state index contributed by atoms with van der Waals surface area (Å²) < 4.78 is 8.36. The molecule has 3 N–H and O–H groups in total. The summed E-state index contributed by atoms with van der Waals surface area (Å²) in [5, 5.41) is 16.5. The Morgan fingerprint density at radius 1 is 1.29 bits per heavy atom. The Balaban J connectivity index is 2.90. The number of imidazole rings is 1. The van der Waals surface area contributed by atoms with Crippen LogP contribution in [0.1, 0.15) is 0 Å². The molecule has 1 rings (SSSR count). The minimum atomic E-state index is -1.63. The highest BCUT2D eigenvalue weighted by molar-refractivity contribution is 9.10. The van der Waals surface area contributed by atoms with Crippen molar-refractivity contribution in [3.05, 3.63) is 4.73 Å². The van der Waals surface area contributed by atoms with Crippen LogP contribution in [0.15, 0.2) is 4.73 Å². The number of carboxylic acid groups (broad SMARTS) is 2. The number of nitrogens with zero attached hydrogens (tertiary/aromatic N) is 1. The third-order valence-corrected chi connectivity index (χ3v) is 1.36. The quantitative estimate of drug-likeness (QED) is 0.690. The smallest absolute Gasteiger partial charge is 0.449 e. The number of carbonyl (C=O) groups is 2. The zero-order valence-corrected chi connectivity index (χ0v) is 7.94. The summed E-state index contributed by atoms with van der Waals surface area (Å²) in [4.78, 5) is 26.0. The predicted octanol–water partition coefficient (Wildman–Crippen LogP) is 1.29. The first kappa shape index (κ1) is 10.3. The third kappa shape index (κ3) is 2.62. The number of aromatic nitrogens is 2. The van der Waals surface area contributed by atoms with Crippen LogP contribution in [0, 0.1) is 0 Å². The summed E-state index contributed by atoms with van der Waals surface area (Å²) in [6.45, 7) is 0. The van der Waals surface area contributed by atoms with Crippen molar-refractivity contribution in [3.63, 3.8) is 0 Å². The van der Waals surface area contributed by atoms with Crippen molar-refractivity contribution in [2.45, 2.75) is 0 Å². The molecule has 1 aromatic rings. The Morgan fingerprint density at radius 3 is 2.36 bits per heavy atom. The van der Waals surface area contributed by atoms with Crippen molar-refractivity contribution < 1.29 is 29.3 Å². The monoisotopic (exact) mass is 266 g/mol. The zero-order valence-electron chi connectivity index (χ0n) is 6.35. The molecule has 14 heavy (non-hydrogen) atoms. The van der Waals surface area contributed by atoms with E-state index in [-0.39, 0.29) is 4.73 Å². The van der Waals surface area contributed by atoms with Crippen molar-refractivity contribution in [1.29, 1.82) is 0 Å². The van der Waals surface area contributed by atoms with Crippen molar-refractivity contribution in [1.82, 2.24) is 9.97 Å². The average Bonchev–Trinajstić information content (AvgIpc) is 2.28. The van der Waals surface area contributed by atoms with Crippen LogP contribution in [0.5, 0.6) is 11.8 Å². The molecule has 0 aliphatic rings. The minimum Gasteiger partial charge on any atom is -0.449 e. The Bertz CT molecular complexity index is 341. The van der Waals surface area contributed by atoms with E-state index in [4.69, 9.17) is 10.2 Å². The fourth-order valence-electron chi connectivity index (χ4n) is 0.623. The predicted molar refractivity (Wildman–Crippen MR) is 43.6 cm³/mol. The van der Waals surface area contributed by atoms with Gasteiger partial charge in [-0.05, 0) is 15.9 Å². The highest BCUT2D eigenvalue weighted by atomic mass is 79.9. The van der Waals surface area contributed by atoms with E-state index in [1.165, 1.54) is 0 Å². The van der Waals surface area contributed by atoms with Gasteiger partial charge in [-0.3, -0.25) is 4.98 Å². The molecule has 0 unspecified atom stereocenters. The molecule has 0 spiro atoms. The minimum absolute atomic E-state index is 0.0880. The molecule has 1 heterocycles. The van der Waals surface area contributed by atoms with E-state index in [1.807, 2.05) is 0 Å². The molecule has 76 valence electrons. The SMILES string of the molecule is O=C(O)Oc1nc(Br)[nH]c1OC(=O)O. The highest BCUT2D eigenvalue weighted by Crippen LogP contribution is 2.26. The summed E-state index contributed by atoms with van der Waals surface area (Å²) in [6, 6.07) is 0. The van der Waals surface area contributed by atoms with Crippen LogP contribution in [-0.4, -0.2) is 32.5 Å². The number of nitrogens with one attached hydrogen (secondary N) is 1. The maximum atomic E-state index is 10.1. The van der Waals surface area contributed by atoms with Crippen LogP contribution in [0.2, 0.25) is 0 Å². The second-order valence-electron chi connectivity index (χ2n) is 1.90. The van der Waals surface area contributed by atoms with Gasteiger partial charge in [0.2, 0.25) is 0 Å². The molecule has 0 aromatic carbocycles. The van der Waals surface area contributed by atoms with E-state index in [2.05, 4.69) is 35.4 Å². The van der Waals surface area contributed by atoms with E-state index in [0.717, 1.165) is 0 Å². The van der Waals surface area contributed by atoms with Crippen LogP contribution < -0.4 is 9.47 Å². The largest absolute Gasteiger partial charge is 0.512 e. The van der Waals surface area contributed by atoms with Gasteiger partial charge in [0.15, 0.2) is 4.73 Å². The van der Waals surface area contributed by atoms with Gasteiger partial charge in [-0.2, -0.15) is 4.98 Å². The van der Waals surface area contributed by atoms with Gasteiger partial charge in [0.05, 0.1) is 0 Å². The summed E-state index contributed by atoms with van der Waals surface area (Å²) in [6.07, 6.45) is -3.24. The Kier molecular flexibility index (Phi) is 2.92. The first-order valence-electron chi connectivity index (χ1n) is 3.06. The van der Waals surface area contributed by atoms with E-state index in [9.17, 15) is 9.59 Å². The van der Waals surface area contributed by atoms with E-state index < -0.39 is 24.1 Å². The van der Waals surface area contributed by atoms with Crippen LogP contribution in [-0.2, 0) is 0 Å². The second-order valence-corrected chi connectivity index (χ2v) is 2.65. The Morgan fingerprint density at radius 2 is 1.86 bits per heavy atom. The lowest BCUT2D eigenvalue weighted by Gasteiger charge is -1.97. The van der Waals surface area contributed by atoms with Gasteiger partial charge < -0.3 is 19.7 Å². The normalized spacial score (nSPS) is 9.50. The number of hydrogen-bond donors (Lipinski definition) is 3. The van der Waals surface area contributed by atoms with Crippen LogP contribution >= 0.6 is 15.9 Å². The standard InChI is InChI=1S/C5H3BrN2O6/c6-3-7-1(13-4(9)10)2(8-3)14-5(11)12/h(H,7,8)(H,9,10)(H,11,12). The number of rotatable bonds is 2. The maximum Gasteiger partial charge on any atom is 0.512 e. The van der Waals surface area contributed by atoms with Gasteiger partial charge in [-0.1, -0.05) is 0 Å². The van der Waals surface area contributed by atoms with Crippen LogP contribution in [0.3, 0.4) is 0 Å². The summed E-state index contributed by atoms with van der Waals surface area (Å²) >= 11 is 2.85. The lowest BCUT2D eigenvalue weighted by Crippen LogP contribution is -2.08. The van der Waals surface area contributed by atoms with Gasteiger partial charge in [0, 0.05) is 0 Å². The third-order valence-electron chi connectivity index (χ3n) is 0.984. The molecule has 0 bridgehead atoms. The van der Waals surface area contributed by atoms with Crippen LogP contribution in [0.4, 0.5) is 9.59 Å². The van der Waals surface area contributed by atoms with Gasteiger partial charge in [-0.15, -0.1) is 0 Å². The molecular formula is C5H3BrN2O6. The summed E-state index contributed by atoms with van der Waals surface area (Å²) in [5.74, 6) is -0.890. The molecule has 0 radical (unpaired) electrons. The molecule has 0 aliphatic heterocycles. The lowest BCUT2D eigenvalue weighted by molar-refractivity contribution is 0.130. The van der Waals surface area contributed by atoms with Gasteiger partial charge in [0.1, 0.15) is 0 Å². The fourth-order valence-corrected chi connectivity index (χ4v) is 0.964. The number of halogens is 1. The topological polar surface area (TPSA) is 122 Å². The number of ether oxygens (including phenoxy) is 2. The molecule has 0 fully saturated rings. The zero-order chi connectivity index (χ0) is 10.7. The summed E-state index contributed by atoms with van der Waals surface area (Å²) in [5.41, 5.74) is 0. The average molecular weight is 267 g/mol. The molecule has 9 heteroatoms. The molecule has 0 amide bonds. The number of aromatic amines is 1. The summed E-state index contributed by atoms with van der Waals surface area (Å²) in [7, 11) is 0. The van der Waals surface area contributed by atoms with Crippen LogP contribution in [0.25, 0.3) is 0 Å². The van der Waals surface area contributed by atoms with E-state index in [0.29, 0.717) is 0 Å². The van der Waals surface area contributed by atoms with Crippen molar-refractivity contribution in [2.75, 3.05) is 0 Å². The number of H-pyrrole nitrogens is 1. The van der Waals surface area contributed by atoms with Gasteiger partial charge >= 0.3 is 12.3 Å². The van der Waals surface area contributed by atoms with Gasteiger partial charge in [-0.25, -0.2) is 9.59 Å². The molecule has 8 nitrogen and oxygen atoms in total. The molecule has 0 aliphatic carbocycles. The van der Waals surface area contributed by atoms with E-state index >= 15 is 0 Å². The first-order chi connectivity index (χ1) is 6.49. The van der Waals surface area contributed by atoms with Crippen molar-refractivity contribution >= 4 is 28.2 Å². The molecule has 0 saturated heterocycles. The fraction of sp³-hybridized carbons (Fsp3) is 0. The molecule has 0 atom stereocenters. The maximum absolute atomic E-state index is 10.1. The second kappa shape index (κ2) is 3.96. The number of hydrogen-bond acceptors (Lipinski definition) is 5. The van der Waals surface area contributed by atoms with E-state index in [1.54, 1.807) is 0 Å². The van der Waals surface area contributed by atoms with Crippen molar-refractivity contribution in [3.8, 4) is 11.8 Å². The molecule has 1 aromatic heterocycles. The van der Waals surface area contributed by atoms with Gasteiger partial charge in [0.25, 0.3) is 11.8 Å².